The Morgan fingerprint density at radius 3 is 3.00 bits per heavy atom. The van der Waals surface area contributed by atoms with Crippen LogP contribution >= 0.6 is 15.9 Å². The first kappa shape index (κ1) is 11.6. The summed E-state index contributed by atoms with van der Waals surface area (Å²) in [7, 11) is 0. The highest BCUT2D eigenvalue weighted by molar-refractivity contribution is 9.10. The molecule has 0 saturated carbocycles. The summed E-state index contributed by atoms with van der Waals surface area (Å²) in [6, 6.07) is 11.4. The van der Waals surface area contributed by atoms with Gasteiger partial charge in [-0.05, 0) is 23.8 Å². The highest BCUT2D eigenvalue weighted by Gasteiger charge is 2.00. The third-order valence-corrected chi connectivity index (χ3v) is 2.50. The summed E-state index contributed by atoms with van der Waals surface area (Å²) in [5.41, 5.74) is 1.30. The van der Waals surface area contributed by atoms with Crippen LogP contribution in [0.5, 0.6) is 6.01 Å². The molecule has 0 saturated heterocycles. The van der Waals surface area contributed by atoms with Gasteiger partial charge in [-0.1, -0.05) is 28.1 Å². The van der Waals surface area contributed by atoms with Gasteiger partial charge in [-0.25, -0.2) is 4.98 Å². The zero-order valence-electron chi connectivity index (χ0n) is 8.80. The van der Waals surface area contributed by atoms with Crippen LogP contribution in [-0.4, -0.2) is 9.97 Å². The third kappa shape index (κ3) is 3.26. The van der Waals surface area contributed by atoms with Gasteiger partial charge in [0, 0.05) is 10.7 Å². The molecule has 0 spiro atoms. The largest absolute Gasteiger partial charge is 0.459 e. The second-order valence-corrected chi connectivity index (χ2v) is 4.17. The molecule has 0 aliphatic rings. The van der Waals surface area contributed by atoms with E-state index in [1.807, 2.05) is 30.3 Å². The quantitative estimate of drug-likeness (QED) is 0.872. The summed E-state index contributed by atoms with van der Waals surface area (Å²) in [6.45, 7) is 0.369. The van der Waals surface area contributed by atoms with Gasteiger partial charge in [0.1, 0.15) is 18.4 Å². The molecule has 0 fully saturated rings. The molecule has 1 aromatic heterocycles. The fraction of sp³-hybridized carbons (Fsp3) is 0.0833. The second kappa shape index (κ2) is 5.41. The molecule has 0 radical (unpaired) electrons. The molecule has 1 aromatic carbocycles. The Hall–Kier alpha value is -1.93. The molecule has 5 heteroatoms. The summed E-state index contributed by atoms with van der Waals surface area (Å²) in [6.07, 6.45) is 1.50. The topological polar surface area (TPSA) is 58.8 Å². The van der Waals surface area contributed by atoms with Crippen molar-refractivity contribution in [2.45, 2.75) is 6.61 Å². The predicted molar refractivity (Wildman–Crippen MR) is 65.2 cm³/mol. The van der Waals surface area contributed by atoms with Crippen LogP contribution in [0, 0.1) is 11.3 Å². The minimum atomic E-state index is 0.212. The smallest absolute Gasteiger partial charge is 0.317 e. The Bertz CT molecular complexity index is 566. The van der Waals surface area contributed by atoms with E-state index < -0.39 is 0 Å². The summed E-state index contributed by atoms with van der Waals surface area (Å²) in [4.78, 5) is 7.85. The number of nitrogens with zero attached hydrogens (tertiary/aromatic N) is 3. The normalized spacial score (nSPS) is 9.65. The van der Waals surface area contributed by atoms with E-state index in [1.165, 1.54) is 12.3 Å². The molecule has 0 N–H and O–H groups in total. The zero-order valence-corrected chi connectivity index (χ0v) is 10.4. The summed E-state index contributed by atoms with van der Waals surface area (Å²) in [5.74, 6) is 0. The number of hydrogen-bond acceptors (Lipinski definition) is 4. The van der Waals surface area contributed by atoms with Crippen LogP contribution in [0.25, 0.3) is 0 Å². The molecule has 17 heavy (non-hydrogen) atoms. The molecule has 4 nitrogen and oxygen atoms in total. The van der Waals surface area contributed by atoms with Crippen LogP contribution < -0.4 is 4.74 Å². The molecule has 0 unspecified atom stereocenters. The van der Waals surface area contributed by atoms with Gasteiger partial charge >= 0.3 is 6.01 Å². The molecule has 0 aliphatic heterocycles. The Labute approximate surface area is 107 Å². The van der Waals surface area contributed by atoms with Crippen LogP contribution in [0.15, 0.2) is 41.0 Å². The summed E-state index contributed by atoms with van der Waals surface area (Å²) < 4.78 is 6.39. The van der Waals surface area contributed by atoms with Crippen LogP contribution in [0.3, 0.4) is 0 Å². The lowest BCUT2D eigenvalue weighted by molar-refractivity contribution is 0.280. The van der Waals surface area contributed by atoms with Crippen molar-refractivity contribution in [3.05, 3.63) is 52.3 Å². The third-order valence-electron chi connectivity index (χ3n) is 2.00. The van der Waals surface area contributed by atoms with Crippen molar-refractivity contribution in [3.63, 3.8) is 0 Å². The average molecular weight is 290 g/mol. The van der Waals surface area contributed by atoms with E-state index in [4.69, 9.17) is 10.00 Å². The van der Waals surface area contributed by atoms with Crippen molar-refractivity contribution in [3.8, 4) is 12.1 Å². The Kier molecular flexibility index (Phi) is 3.68. The lowest BCUT2D eigenvalue weighted by Gasteiger charge is -2.04. The van der Waals surface area contributed by atoms with Crippen LogP contribution in [0.4, 0.5) is 0 Å². The van der Waals surface area contributed by atoms with Gasteiger partial charge in [0.05, 0.1) is 0 Å². The summed E-state index contributed by atoms with van der Waals surface area (Å²) >= 11 is 3.38. The van der Waals surface area contributed by atoms with Crippen molar-refractivity contribution < 1.29 is 4.74 Å². The maximum absolute atomic E-state index is 8.68. The van der Waals surface area contributed by atoms with Gasteiger partial charge in [-0.2, -0.15) is 10.2 Å². The van der Waals surface area contributed by atoms with E-state index in [1.54, 1.807) is 0 Å². The average Bonchev–Trinajstić information content (AvgIpc) is 2.37. The summed E-state index contributed by atoms with van der Waals surface area (Å²) in [5, 5.41) is 8.68. The number of nitriles is 1. The molecule has 0 atom stereocenters. The number of hydrogen-bond donors (Lipinski definition) is 0. The van der Waals surface area contributed by atoms with E-state index in [2.05, 4.69) is 25.9 Å². The van der Waals surface area contributed by atoms with Gasteiger partial charge in [0.2, 0.25) is 0 Å². The zero-order chi connectivity index (χ0) is 12.1. The maximum atomic E-state index is 8.68. The highest BCUT2D eigenvalue weighted by Crippen LogP contribution is 2.13. The molecule has 2 aromatic rings. The fourth-order valence-corrected chi connectivity index (χ4v) is 1.69. The SMILES string of the molecule is N#Cc1ccnc(OCc2cccc(Br)c2)n1. The van der Waals surface area contributed by atoms with Crippen molar-refractivity contribution >= 4 is 15.9 Å². The van der Waals surface area contributed by atoms with Crippen molar-refractivity contribution in [2.24, 2.45) is 0 Å². The molecule has 84 valence electrons. The molecule has 0 aliphatic carbocycles. The fourth-order valence-electron chi connectivity index (χ4n) is 1.25. The van der Waals surface area contributed by atoms with Crippen molar-refractivity contribution in [2.75, 3.05) is 0 Å². The van der Waals surface area contributed by atoms with Crippen molar-refractivity contribution in [1.82, 2.24) is 9.97 Å². The maximum Gasteiger partial charge on any atom is 0.317 e. The standard InChI is InChI=1S/C12H8BrN3O/c13-10-3-1-2-9(6-10)8-17-12-15-5-4-11(7-14)16-12/h1-6H,8H2. The van der Waals surface area contributed by atoms with Gasteiger partial charge in [0.15, 0.2) is 0 Å². The minimum absolute atomic E-state index is 0.212. The first-order valence-electron chi connectivity index (χ1n) is 4.88. The van der Waals surface area contributed by atoms with E-state index >= 15 is 0 Å². The second-order valence-electron chi connectivity index (χ2n) is 3.25. The van der Waals surface area contributed by atoms with E-state index in [9.17, 15) is 0 Å². The van der Waals surface area contributed by atoms with E-state index in [0.717, 1.165) is 10.0 Å². The lowest BCUT2D eigenvalue weighted by Crippen LogP contribution is -2.00. The molecule has 0 amide bonds. The van der Waals surface area contributed by atoms with E-state index in [0.29, 0.717) is 12.3 Å². The number of ether oxygens (including phenoxy) is 1. The van der Waals surface area contributed by atoms with Gasteiger partial charge in [-0.3, -0.25) is 0 Å². The van der Waals surface area contributed by atoms with Gasteiger partial charge in [0.25, 0.3) is 0 Å². The lowest BCUT2D eigenvalue weighted by atomic mass is 10.2. The number of rotatable bonds is 3. The first-order chi connectivity index (χ1) is 8.28. The molecular formula is C12H8BrN3O. The van der Waals surface area contributed by atoms with Gasteiger partial charge < -0.3 is 4.74 Å². The highest BCUT2D eigenvalue weighted by atomic mass is 79.9. The monoisotopic (exact) mass is 289 g/mol. The van der Waals surface area contributed by atoms with Crippen LogP contribution in [0.1, 0.15) is 11.3 Å². The molecule has 2 rings (SSSR count). The Balaban J connectivity index is 2.05. The van der Waals surface area contributed by atoms with E-state index in [-0.39, 0.29) is 6.01 Å². The van der Waals surface area contributed by atoms with Crippen molar-refractivity contribution in [1.29, 1.82) is 5.26 Å². The first-order valence-corrected chi connectivity index (χ1v) is 5.67. The molecule has 1 heterocycles. The number of aromatic nitrogens is 2. The number of halogens is 1. The Morgan fingerprint density at radius 1 is 1.35 bits per heavy atom. The van der Waals surface area contributed by atoms with Gasteiger partial charge in [-0.15, -0.1) is 0 Å². The minimum Gasteiger partial charge on any atom is -0.459 e. The van der Waals surface area contributed by atoms with Crippen LogP contribution in [0.2, 0.25) is 0 Å². The number of benzene rings is 1. The van der Waals surface area contributed by atoms with Crippen LogP contribution in [-0.2, 0) is 6.61 Å². The molecular weight excluding hydrogens is 282 g/mol. The predicted octanol–water partition coefficient (Wildman–Crippen LogP) is 2.69. The Morgan fingerprint density at radius 2 is 2.24 bits per heavy atom. The molecule has 0 bridgehead atoms.